The fourth-order valence-corrected chi connectivity index (χ4v) is 2.24. The number of ether oxygens (including phenoxy) is 1. The molecule has 2 atom stereocenters. The first-order valence-electron chi connectivity index (χ1n) is 6.22. The molecule has 0 saturated carbocycles. The second-order valence-corrected chi connectivity index (χ2v) is 4.80. The quantitative estimate of drug-likeness (QED) is 0.873. The van der Waals surface area contributed by atoms with Gasteiger partial charge in [-0.1, -0.05) is 18.2 Å². The summed E-state index contributed by atoms with van der Waals surface area (Å²) in [5, 5.41) is 9.02. The molecule has 5 nitrogen and oxygen atoms in total. The molecule has 0 bridgehead atoms. The van der Waals surface area contributed by atoms with Crippen LogP contribution < -0.4 is 0 Å². The van der Waals surface area contributed by atoms with E-state index in [-0.39, 0.29) is 18.6 Å². The van der Waals surface area contributed by atoms with Crippen LogP contribution in [-0.4, -0.2) is 47.2 Å². The van der Waals surface area contributed by atoms with Gasteiger partial charge >= 0.3 is 5.97 Å². The van der Waals surface area contributed by atoms with Crippen LogP contribution in [0.4, 0.5) is 0 Å². The minimum absolute atomic E-state index is 0.0901. The van der Waals surface area contributed by atoms with Crippen molar-refractivity contribution in [2.75, 3.05) is 13.1 Å². The smallest absolute Gasteiger partial charge is 0.334 e. The monoisotopic (exact) mass is 263 g/mol. The molecule has 19 heavy (non-hydrogen) atoms. The Balaban J connectivity index is 2.19. The molecule has 0 radical (unpaired) electrons. The third-order valence-electron chi connectivity index (χ3n) is 3.20. The number of morpholine rings is 1. The number of hydrogen-bond donors (Lipinski definition) is 1. The standard InChI is InChI=1S/C14H17NO4/c1-9-5-3-4-6-11(9)13(16)15-7-10(2)19-12(8-15)14(17)18/h3-6,10,12H,7-8H2,1-2H3,(H,17,18)/t10-,12?/m1/s1. The van der Waals surface area contributed by atoms with E-state index in [2.05, 4.69) is 0 Å². The highest BCUT2D eigenvalue weighted by Crippen LogP contribution is 2.16. The Labute approximate surface area is 111 Å². The second-order valence-electron chi connectivity index (χ2n) is 4.80. The van der Waals surface area contributed by atoms with E-state index in [0.29, 0.717) is 12.1 Å². The van der Waals surface area contributed by atoms with Crippen molar-refractivity contribution in [2.24, 2.45) is 0 Å². The largest absolute Gasteiger partial charge is 0.479 e. The highest BCUT2D eigenvalue weighted by Gasteiger charge is 2.33. The molecule has 1 unspecified atom stereocenters. The maximum Gasteiger partial charge on any atom is 0.334 e. The van der Waals surface area contributed by atoms with E-state index in [1.807, 2.05) is 19.1 Å². The number of rotatable bonds is 2. The van der Waals surface area contributed by atoms with Gasteiger partial charge in [0.1, 0.15) is 0 Å². The lowest BCUT2D eigenvalue weighted by Gasteiger charge is -2.35. The summed E-state index contributed by atoms with van der Waals surface area (Å²) in [6.07, 6.45) is -1.22. The average Bonchev–Trinajstić information content (AvgIpc) is 2.37. The molecule has 5 heteroatoms. The molecule has 1 fully saturated rings. The van der Waals surface area contributed by atoms with Crippen LogP contribution in [0.25, 0.3) is 0 Å². The number of aryl methyl sites for hydroxylation is 1. The fraction of sp³-hybridized carbons (Fsp3) is 0.429. The summed E-state index contributed by atoms with van der Waals surface area (Å²) in [6, 6.07) is 7.30. The fourth-order valence-electron chi connectivity index (χ4n) is 2.24. The van der Waals surface area contributed by atoms with Gasteiger partial charge in [-0.25, -0.2) is 4.79 Å². The molecular weight excluding hydrogens is 246 g/mol. The number of amides is 1. The van der Waals surface area contributed by atoms with Gasteiger partial charge in [-0.2, -0.15) is 0 Å². The molecule has 0 aliphatic carbocycles. The number of hydrogen-bond acceptors (Lipinski definition) is 3. The first-order chi connectivity index (χ1) is 8.99. The predicted molar refractivity (Wildman–Crippen MR) is 69.1 cm³/mol. The minimum Gasteiger partial charge on any atom is -0.479 e. The molecule has 1 aliphatic heterocycles. The normalized spacial score (nSPS) is 23.2. The molecule has 0 spiro atoms. The third kappa shape index (κ3) is 2.93. The molecule has 0 aromatic heterocycles. The number of carboxylic acid groups (broad SMARTS) is 1. The number of nitrogens with zero attached hydrogens (tertiary/aromatic N) is 1. The van der Waals surface area contributed by atoms with Crippen molar-refractivity contribution >= 4 is 11.9 Å². The van der Waals surface area contributed by atoms with Gasteiger partial charge in [0.2, 0.25) is 0 Å². The Hall–Kier alpha value is -1.88. The number of benzene rings is 1. The van der Waals surface area contributed by atoms with E-state index < -0.39 is 12.1 Å². The van der Waals surface area contributed by atoms with Crippen molar-refractivity contribution in [2.45, 2.75) is 26.1 Å². The molecule has 1 aliphatic rings. The molecule has 1 heterocycles. The number of carbonyl (C=O) groups is 2. The van der Waals surface area contributed by atoms with Crippen molar-refractivity contribution in [1.29, 1.82) is 0 Å². The summed E-state index contributed by atoms with van der Waals surface area (Å²) < 4.78 is 5.30. The molecule has 1 aromatic carbocycles. The third-order valence-corrected chi connectivity index (χ3v) is 3.20. The van der Waals surface area contributed by atoms with E-state index in [1.54, 1.807) is 24.0 Å². The average molecular weight is 263 g/mol. The van der Waals surface area contributed by atoms with E-state index >= 15 is 0 Å². The SMILES string of the molecule is Cc1ccccc1C(=O)N1CC(C(=O)O)O[C@H](C)C1. The molecule has 1 aromatic rings. The highest BCUT2D eigenvalue weighted by molar-refractivity contribution is 5.96. The van der Waals surface area contributed by atoms with Crippen molar-refractivity contribution in [3.63, 3.8) is 0 Å². The van der Waals surface area contributed by atoms with Crippen LogP contribution in [-0.2, 0) is 9.53 Å². The Bertz CT molecular complexity index is 500. The van der Waals surface area contributed by atoms with E-state index in [1.165, 1.54) is 0 Å². The molecule has 102 valence electrons. The van der Waals surface area contributed by atoms with Crippen molar-refractivity contribution in [1.82, 2.24) is 4.90 Å². The summed E-state index contributed by atoms with van der Waals surface area (Å²) in [4.78, 5) is 25.0. The lowest BCUT2D eigenvalue weighted by atomic mass is 10.1. The van der Waals surface area contributed by atoms with Gasteiger partial charge < -0.3 is 14.7 Å². The van der Waals surface area contributed by atoms with Crippen LogP contribution in [0.3, 0.4) is 0 Å². The van der Waals surface area contributed by atoms with Gasteiger partial charge in [-0.05, 0) is 25.5 Å². The van der Waals surface area contributed by atoms with Crippen molar-refractivity contribution in [3.05, 3.63) is 35.4 Å². The summed E-state index contributed by atoms with van der Waals surface area (Å²) in [5.41, 5.74) is 1.50. The van der Waals surface area contributed by atoms with Gasteiger partial charge in [0.25, 0.3) is 5.91 Å². The van der Waals surface area contributed by atoms with Crippen LogP contribution in [0.2, 0.25) is 0 Å². The zero-order valence-corrected chi connectivity index (χ0v) is 11.0. The number of carbonyl (C=O) groups excluding carboxylic acids is 1. The zero-order valence-electron chi connectivity index (χ0n) is 11.0. The first-order valence-corrected chi connectivity index (χ1v) is 6.22. The maximum absolute atomic E-state index is 12.4. The molecule has 1 saturated heterocycles. The molecule has 1 N–H and O–H groups in total. The van der Waals surface area contributed by atoms with Crippen LogP contribution in [0.1, 0.15) is 22.8 Å². The van der Waals surface area contributed by atoms with Crippen LogP contribution >= 0.6 is 0 Å². The van der Waals surface area contributed by atoms with Crippen molar-refractivity contribution < 1.29 is 19.4 Å². The van der Waals surface area contributed by atoms with Crippen LogP contribution in [0.5, 0.6) is 0 Å². The number of aliphatic carboxylic acids is 1. The maximum atomic E-state index is 12.4. The lowest BCUT2D eigenvalue weighted by Crippen LogP contribution is -2.51. The second kappa shape index (κ2) is 5.40. The van der Waals surface area contributed by atoms with Crippen LogP contribution in [0.15, 0.2) is 24.3 Å². The highest BCUT2D eigenvalue weighted by atomic mass is 16.5. The molecule has 2 rings (SSSR count). The van der Waals surface area contributed by atoms with Gasteiger partial charge in [0, 0.05) is 12.1 Å². The molecular formula is C14H17NO4. The topological polar surface area (TPSA) is 66.8 Å². The summed E-state index contributed by atoms with van der Waals surface area (Å²) in [7, 11) is 0. The number of carboxylic acids is 1. The lowest BCUT2D eigenvalue weighted by molar-refractivity contribution is -0.160. The Morgan fingerprint density at radius 3 is 2.63 bits per heavy atom. The Morgan fingerprint density at radius 2 is 2.00 bits per heavy atom. The van der Waals surface area contributed by atoms with E-state index in [4.69, 9.17) is 9.84 Å². The van der Waals surface area contributed by atoms with E-state index in [9.17, 15) is 9.59 Å². The van der Waals surface area contributed by atoms with Gasteiger partial charge in [-0.3, -0.25) is 4.79 Å². The zero-order chi connectivity index (χ0) is 14.0. The Kier molecular flexibility index (Phi) is 3.85. The van der Waals surface area contributed by atoms with Gasteiger partial charge in [-0.15, -0.1) is 0 Å². The van der Waals surface area contributed by atoms with Gasteiger partial charge in [0.15, 0.2) is 6.10 Å². The summed E-state index contributed by atoms with van der Waals surface area (Å²) >= 11 is 0. The predicted octanol–water partition coefficient (Wildman–Crippen LogP) is 1.31. The molecule has 1 amide bonds. The summed E-state index contributed by atoms with van der Waals surface area (Å²) in [6.45, 7) is 4.14. The van der Waals surface area contributed by atoms with Gasteiger partial charge in [0.05, 0.1) is 12.6 Å². The summed E-state index contributed by atoms with van der Waals surface area (Å²) in [5.74, 6) is -1.17. The van der Waals surface area contributed by atoms with Crippen LogP contribution in [0, 0.1) is 6.92 Å². The first kappa shape index (κ1) is 13.5. The van der Waals surface area contributed by atoms with E-state index in [0.717, 1.165) is 5.56 Å². The minimum atomic E-state index is -1.03. The Morgan fingerprint density at radius 1 is 1.32 bits per heavy atom. The van der Waals surface area contributed by atoms with Crippen molar-refractivity contribution in [3.8, 4) is 0 Å².